The first-order valence-corrected chi connectivity index (χ1v) is 6.03. The van der Waals surface area contributed by atoms with E-state index in [1.165, 1.54) is 0 Å². The van der Waals surface area contributed by atoms with Crippen molar-refractivity contribution < 1.29 is 0 Å². The summed E-state index contributed by atoms with van der Waals surface area (Å²) < 4.78 is 2.78. The molecule has 0 bridgehead atoms. The van der Waals surface area contributed by atoms with Crippen molar-refractivity contribution in [1.82, 2.24) is 9.88 Å². The number of nitrogens with one attached hydrogen (secondary N) is 1. The number of rotatable bonds is 3. The molecule has 1 aromatic rings. The molecule has 0 atom stereocenters. The molecule has 0 amide bonds. The summed E-state index contributed by atoms with van der Waals surface area (Å²) in [7, 11) is 0. The van der Waals surface area contributed by atoms with Crippen molar-refractivity contribution in [1.29, 1.82) is 0 Å². The van der Waals surface area contributed by atoms with Gasteiger partial charge in [0.2, 0.25) is 0 Å². The highest BCUT2D eigenvalue weighted by Gasteiger charge is 2.16. The Morgan fingerprint density at radius 1 is 1.60 bits per heavy atom. The largest absolute Gasteiger partial charge is 0.316 e. The molecule has 1 aromatic heterocycles. The summed E-state index contributed by atoms with van der Waals surface area (Å²) in [6.07, 6.45) is 2.96. The summed E-state index contributed by atoms with van der Waals surface area (Å²) in [6.45, 7) is 4.88. The normalized spacial score (nSPS) is 16.4. The van der Waals surface area contributed by atoms with Gasteiger partial charge in [0.25, 0.3) is 5.56 Å². The van der Waals surface area contributed by atoms with Crippen LogP contribution < -0.4 is 10.9 Å². The van der Waals surface area contributed by atoms with Gasteiger partial charge in [-0.2, -0.15) is 0 Å². The Morgan fingerprint density at radius 3 is 2.93 bits per heavy atom. The fraction of sp³-hybridized carbons (Fsp3) is 0.545. The SMILES string of the molecule is Cc1cc(Br)cn(CCC2CNC2)c1=O. The van der Waals surface area contributed by atoms with Crippen molar-refractivity contribution in [2.75, 3.05) is 13.1 Å². The number of hydrogen-bond acceptors (Lipinski definition) is 2. The Balaban J connectivity index is 2.09. The zero-order valence-corrected chi connectivity index (χ0v) is 10.4. The Kier molecular flexibility index (Phi) is 3.26. The van der Waals surface area contributed by atoms with E-state index in [4.69, 9.17) is 0 Å². The van der Waals surface area contributed by atoms with Crippen LogP contribution in [0.5, 0.6) is 0 Å². The van der Waals surface area contributed by atoms with Gasteiger partial charge in [0.15, 0.2) is 0 Å². The van der Waals surface area contributed by atoms with Gasteiger partial charge >= 0.3 is 0 Å². The van der Waals surface area contributed by atoms with Crippen molar-refractivity contribution in [3.63, 3.8) is 0 Å². The van der Waals surface area contributed by atoms with Crippen LogP contribution >= 0.6 is 15.9 Å². The summed E-state index contributed by atoms with van der Waals surface area (Å²) in [6, 6.07) is 1.86. The molecule has 0 spiro atoms. The molecule has 0 unspecified atom stereocenters. The molecule has 3 nitrogen and oxygen atoms in total. The molecule has 0 saturated carbocycles. The Morgan fingerprint density at radius 2 is 2.33 bits per heavy atom. The molecule has 1 aliphatic rings. The molecule has 0 aromatic carbocycles. The topological polar surface area (TPSA) is 34.0 Å². The van der Waals surface area contributed by atoms with E-state index in [-0.39, 0.29) is 5.56 Å². The maximum atomic E-state index is 11.8. The van der Waals surface area contributed by atoms with E-state index in [9.17, 15) is 4.79 Å². The van der Waals surface area contributed by atoms with E-state index in [1.807, 2.05) is 19.2 Å². The fourth-order valence-corrected chi connectivity index (χ4v) is 2.37. The number of hydrogen-bond donors (Lipinski definition) is 1. The monoisotopic (exact) mass is 270 g/mol. The van der Waals surface area contributed by atoms with Crippen molar-refractivity contribution in [3.05, 3.63) is 32.7 Å². The quantitative estimate of drug-likeness (QED) is 0.904. The minimum Gasteiger partial charge on any atom is -0.316 e. The molecular weight excluding hydrogens is 256 g/mol. The third kappa shape index (κ3) is 2.49. The Bertz CT molecular complexity index is 410. The number of aryl methyl sites for hydroxylation is 2. The summed E-state index contributed by atoms with van der Waals surface area (Å²) >= 11 is 3.41. The van der Waals surface area contributed by atoms with Gasteiger partial charge in [-0.25, -0.2) is 0 Å². The van der Waals surface area contributed by atoms with Gasteiger partial charge in [-0.1, -0.05) is 0 Å². The molecule has 1 saturated heterocycles. The van der Waals surface area contributed by atoms with Crippen LogP contribution in [-0.4, -0.2) is 17.7 Å². The zero-order valence-electron chi connectivity index (χ0n) is 8.79. The van der Waals surface area contributed by atoms with Gasteiger partial charge in [-0.15, -0.1) is 0 Å². The van der Waals surface area contributed by atoms with Gasteiger partial charge in [0, 0.05) is 22.8 Å². The lowest BCUT2D eigenvalue weighted by Crippen LogP contribution is -2.42. The first-order valence-electron chi connectivity index (χ1n) is 5.24. The van der Waals surface area contributed by atoms with Crippen molar-refractivity contribution in [2.45, 2.75) is 19.9 Å². The third-order valence-electron chi connectivity index (χ3n) is 2.88. The van der Waals surface area contributed by atoms with Crippen LogP contribution in [0.15, 0.2) is 21.5 Å². The van der Waals surface area contributed by atoms with Gasteiger partial charge in [0.05, 0.1) is 0 Å². The second kappa shape index (κ2) is 4.49. The van der Waals surface area contributed by atoms with E-state index < -0.39 is 0 Å². The van der Waals surface area contributed by atoms with Crippen LogP contribution in [0, 0.1) is 12.8 Å². The van der Waals surface area contributed by atoms with Crippen molar-refractivity contribution >= 4 is 15.9 Å². The molecule has 0 radical (unpaired) electrons. The lowest BCUT2D eigenvalue weighted by molar-refractivity contribution is 0.310. The van der Waals surface area contributed by atoms with Crippen LogP contribution in [0.25, 0.3) is 0 Å². The molecule has 15 heavy (non-hydrogen) atoms. The highest BCUT2D eigenvalue weighted by Crippen LogP contribution is 2.12. The van der Waals surface area contributed by atoms with E-state index >= 15 is 0 Å². The first-order chi connectivity index (χ1) is 7.16. The zero-order chi connectivity index (χ0) is 10.8. The smallest absolute Gasteiger partial charge is 0.253 e. The second-order valence-corrected chi connectivity index (χ2v) is 5.07. The van der Waals surface area contributed by atoms with Crippen LogP contribution in [0.2, 0.25) is 0 Å². The average Bonchev–Trinajstić information content (AvgIpc) is 2.10. The molecule has 1 fully saturated rings. The van der Waals surface area contributed by atoms with Gasteiger partial charge in [-0.3, -0.25) is 4.79 Å². The Hall–Kier alpha value is -0.610. The van der Waals surface area contributed by atoms with Crippen molar-refractivity contribution in [2.24, 2.45) is 5.92 Å². The van der Waals surface area contributed by atoms with Gasteiger partial charge < -0.3 is 9.88 Å². The molecule has 1 N–H and O–H groups in total. The average molecular weight is 271 g/mol. The van der Waals surface area contributed by atoms with E-state index in [0.717, 1.165) is 42.0 Å². The van der Waals surface area contributed by atoms with Crippen LogP contribution in [0.1, 0.15) is 12.0 Å². The first kappa shape index (κ1) is 10.9. The number of aromatic nitrogens is 1. The van der Waals surface area contributed by atoms with Crippen LogP contribution in [-0.2, 0) is 6.54 Å². The standard InChI is InChI=1S/C11H15BrN2O/c1-8-4-10(12)7-14(11(8)15)3-2-9-5-13-6-9/h4,7,9,13H,2-3,5-6H2,1H3. The third-order valence-corrected chi connectivity index (χ3v) is 3.31. The number of nitrogens with zero attached hydrogens (tertiary/aromatic N) is 1. The lowest BCUT2D eigenvalue weighted by atomic mass is 9.99. The number of pyridine rings is 1. The predicted molar refractivity (Wildman–Crippen MR) is 64.1 cm³/mol. The fourth-order valence-electron chi connectivity index (χ4n) is 1.78. The molecule has 2 heterocycles. The molecule has 82 valence electrons. The van der Waals surface area contributed by atoms with E-state index in [2.05, 4.69) is 21.2 Å². The van der Waals surface area contributed by atoms with E-state index in [0.29, 0.717) is 0 Å². The minimum atomic E-state index is 0.130. The maximum Gasteiger partial charge on any atom is 0.253 e. The summed E-state index contributed by atoms with van der Waals surface area (Å²) in [5.74, 6) is 0.746. The van der Waals surface area contributed by atoms with Crippen molar-refractivity contribution in [3.8, 4) is 0 Å². The molecule has 2 rings (SSSR count). The summed E-state index contributed by atoms with van der Waals surface area (Å²) in [5, 5.41) is 3.24. The van der Waals surface area contributed by atoms with Crippen LogP contribution in [0.4, 0.5) is 0 Å². The summed E-state index contributed by atoms with van der Waals surface area (Å²) in [5.41, 5.74) is 0.932. The van der Waals surface area contributed by atoms with Crippen LogP contribution in [0.3, 0.4) is 0 Å². The molecule has 0 aliphatic carbocycles. The van der Waals surface area contributed by atoms with E-state index in [1.54, 1.807) is 4.57 Å². The molecule has 1 aliphatic heterocycles. The second-order valence-electron chi connectivity index (χ2n) is 4.15. The maximum absolute atomic E-state index is 11.8. The minimum absolute atomic E-state index is 0.130. The lowest BCUT2D eigenvalue weighted by Gasteiger charge is -2.27. The number of halogens is 1. The predicted octanol–water partition coefficient (Wildman–Crippen LogP) is 1.53. The molecular formula is C11H15BrN2O. The molecule has 4 heteroatoms. The van der Waals surface area contributed by atoms with Gasteiger partial charge in [0.1, 0.15) is 0 Å². The Labute approximate surface area is 97.6 Å². The highest BCUT2D eigenvalue weighted by atomic mass is 79.9. The highest BCUT2D eigenvalue weighted by molar-refractivity contribution is 9.10. The van der Waals surface area contributed by atoms with Gasteiger partial charge in [-0.05, 0) is 54.3 Å². The summed E-state index contributed by atoms with van der Waals surface area (Å²) in [4.78, 5) is 11.8.